The summed E-state index contributed by atoms with van der Waals surface area (Å²) in [7, 11) is 1.82. The highest BCUT2D eigenvalue weighted by Gasteiger charge is 2.15. The van der Waals surface area contributed by atoms with Gasteiger partial charge in [-0.15, -0.1) is 0 Å². The van der Waals surface area contributed by atoms with E-state index < -0.39 is 0 Å². The Balaban J connectivity index is 2.59. The maximum absolute atomic E-state index is 12.3. The number of hydrogen-bond acceptors (Lipinski definition) is 4. The number of nitrogens with zero attached hydrogens (tertiary/aromatic N) is 4. The molecule has 1 heterocycles. The summed E-state index contributed by atoms with van der Waals surface area (Å²) in [5, 5.41) is 5.92. The molecule has 8 heteroatoms. The van der Waals surface area contributed by atoms with Gasteiger partial charge in [0.2, 0.25) is 11.8 Å². The number of nitrogens with one attached hydrogen (secondary N) is 2. The third kappa shape index (κ3) is 8.06. The maximum Gasteiger partial charge on any atom is 0.242 e. The van der Waals surface area contributed by atoms with E-state index in [2.05, 4.69) is 20.6 Å². The first kappa shape index (κ1) is 22.4. The molecule has 0 saturated heterocycles. The van der Waals surface area contributed by atoms with E-state index in [4.69, 9.17) is 0 Å². The molecular weight excluding hydrogens is 344 g/mol. The van der Waals surface area contributed by atoms with Crippen LogP contribution in [-0.4, -0.2) is 72.3 Å². The van der Waals surface area contributed by atoms with Gasteiger partial charge in [-0.2, -0.15) is 0 Å². The summed E-state index contributed by atoms with van der Waals surface area (Å²) >= 11 is 0. The van der Waals surface area contributed by atoms with Gasteiger partial charge in [0.1, 0.15) is 5.82 Å². The maximum atomic E-state index is 12.3. The van der Waals surface area contributed by atoms with E-state index >= 15 is 0 Å². The standard InChI is InChI=1S/C19H32N6O2/c1-6-20-19(24(5)14-18(27)25(7-2)8-3)21-13-12-17(26)23-16-11-9-10-15(4)22-16/h9-11H,6-8,12-14H2,1-5H3,(H,20,21)(H,22,23,26). The van der Waals surface area contributed by atoms with Crippen molar-refractivity contribution in [2.45, 2.75) is 34.1 Å². The zero-order chi connectivity index (χ0) is 20.2. The Kier molecular flexibility index (Phi) is 9.85. The van der Waals surface area contributed by atoms with Gasteiger partial charge in [-0.1, -0.05) is 6.07 Å². The van der Waals surface area contributed by atoms with Crippen molar-refractivity contribution >= 4 is 23.6 Å². The van der Waals surface area contributed by atoms with Crippen LogP contribution in [-0.2, 0) is 9.59 Å². The smallest absolute Gasteiger partial charge is 0.242 e. The predicted octanol–water partition coefficient (Wildman–Crippen LogP) is 1.48. The van der Waals surface area contributed by atoms with Crippen molar-refractivity contribution in [3.63, 3.8) is 0 Å². The summed E-state index contributed by atoms with van der Waals surface area (Å²) in [4.78, 5) is 36.6. The molecule has 0 aliphatic heterocycles. The number of aryl methyl sites for hydroxylation is 1. The first-order chi connectivity index (χ1) is 12.9. The van der Waals surface area contributed by atoms with Crippen molar-refractivity contribution in [2.24, 2.45) is 4.99 Å². The number of aliphatic imine (C=N–C) groups is 1. The Morgan fingerprint density at radius 3 is 2.48 bits per heavy atom. The van der Waals surface area contributed by atoms with E-state index in [0.717, 1.165) is 5.69 Å². The van der Waals surface area contributed by atoms with E-state index in [0.29, 0.717) is 38.0 Å². The van der Waals surface area contributed by atoms with E-state index in [-0.39, 0.29) is 24.8 Å². The fourth-order valence-electron chi connectivity index (χ4n) is 2.51. The molecule has 0 spiro atoms. The van der Waals surface area contributed by atoms with E-state index in [1.54, 1.807) is 15.9 Å². The summed E-state index contributed by atoms with van der Waals surface area (Å²) in [6, 6.07) is 5.48. The quantitative estimate of drug-likeness (QED) is 0.503. The highest BCUT2D eigenvalue weighted by molar-refractivity contribution is 5.90. The molecule has 1 aromatic rings. The molecule has 0 aliphatic rings. The van der Waals surface area contributed by atoms with Crippen molar-refractivity contribution in [3.8, 4) is 0 Å². The monoisotopic (exact) mass is 376 g/mol. The Morgan fingerprint density at radius 1 is 1.19 bits per heavy atom. The van der Waals surface area contributed by atoms with Crippen molar-refractivity contribution in [3.05, 3.63) is 23.9 Å². The predicted molar refractivity (Wildman–Crippen MR) is 109 cm³/mol. The Bertz CT molecular complexity index is 643. The summed E-state index contributed by atoms with van der Waals surface area (Å²) < 4.78 is 0. The van der Waals surface area contributed by atoms with E-state index in [1.165, 1.54) is 0 Å². The minimum Gasteiger partial charge on any atom is -0.357 e. The lowest BCUT2D eigenvalue weighted by atomic mass is 10.3. The van der Waals surface area contributed by atoms with Gasteiger partial charge in [-0.3, -0.25) is 14.6 Å². The van der Waals surface area contributed by atoms with Crippen LogP contribution >= 0.6 is 0 Å². The lowest BCUT2D eigenvalue weighted by molar-refractivity contribution is -0.131. The third-order valence-corrected chi connectivity index (χ3v) is 3.94. The number of carbonyl (C=O) groups excluding carboxylic acids is 2. The minimum atomic E-state index is -0.144. The average Bonchev–Trinajstić information content (AvgIpc) is 2.62. The van der Waals surface area contributed by atoms with Crippen LogP contribution in [0.25, 0.3) is 0 Å². The fraction of sp³-hybridized carbons (Fsp3) is 0.579. The van der Waals surface area contributed by atoms with Gasteiger partial charge in [-0.05, 0) is 39.8 Å². The molecule has 0 aromatic carbocycles. The summed E-state index contributed by atoms with van der Waals surface area (Å²) in [6.07, 6.45) is 0.238. The molecule has 150 valence electrons. The molecule has 2 N–H and O–H groups in total. The van der Waals surface area contributed by atoms with Gasteiger partial charge >= 0.3 is 0 Å². The highest BCUT2D eigenvalue weighted by atomic mass is 16.2. The van der Waals surface area contributed by atoms with Crippen LogP contribution in [0, 0.1) is 6.92 Å². The number of anilines is 1. The molecule has 0 atom stereocenters. The van der Waals surface area contributed by atoms with Gasteiger partial charge in [-0.25, -0.2) is 4.98 Å². The second-order valence-electron chi connectivity index (χ2n) is 6.12. The highest BCUT2D eigenvalue weighted by Crippen LogP contribution is 2.04. The van der Waals surface area contributed by atoms with Crippen LogP contribution in [0.5, 0.6) is 0 Å². The summed E-state index contributed by atoms with van der Waals surface area (Å²) in [5.41, 5.74) is 0.847. The van der Waals surface area contributed by atoms with Crippen LogP contribution in [0.2, 0.25) is 0 Å². The number of hydrogen-bond donors (Lipinski definition) is 2. The fourth-order valence-corrected chi connectivity index (χ4v) is 2.51. The number of carbonyl (C=O) groups is 2. The van der Waals surface area contributed by atoms with Gasteiger partial charge in [0.05, 0.1) is 13.1 Å². The number of amides is 2. The topological polar surface area (TPSA) is 89.9 Å². The molecule has 0 saturated carbocycles. The van der Waals surface area contributed by atoms with Gasteiger partial charge in [0, 0.05) is 38.8 Å². The molecule has 0 radical (unpaired) electrons. The van der Waals surface area contributed by atoms with Crippen molar-refractivity contribution in [1.82, 2.24) is 20.1 Å². The average molecular weight is 377 g/mol. The number of pyridine rings is 1. The molecule has 0 aliphatic carbocycles. The minimum absolute atomic E-state index is 0.0522. The Hall–Kier alpha value is -2.64. The summed E-state index contributed by atoms with van der Waals surface area (Å²) in [5.74, 6) is 1.06. The first-order valence-electron chi connectivity index (χ1n) is 9.41. The third-order valence-electron chi connectivity index (χ3n) is 3.94. The number of rotatable bonds is 9. The molecule has 0 fully saturated rings. The first-order valence-corrected chi connectivity index (χ1v) is 9.41. The van der Waals surface area contributed by atoms with Gasteiger partial charge in [0.25, 0.3) is 0 Å². The zero-order valence-corrected chi connectivity index (χ0v) is 17.1. The Morgan fingerprint density at radius 2 is 1.89 bits per heavy atom. The molecule has 1 rings (SSSR count). The second kappa shape index (κ2) is 11.9. The zero-order valence-electron chi connectivity index (χ0n) is 17.1. The van der Waals surface area contributed by atoms with Crippen molar-refractivity contribution in [2.75, 3.05) is 45.1 Å². The lowest BCUT2D eigenvalue weighted by Gasteiger charge is -2.25. The molecule has 27 heavy (non-hydrogen) atoms. The molecule has 8 nitrogen and oxygen atoms in total. The number of likely N-dealkylation sites (N-methyl/N-ethyl adjacent to an activating group) is 2. The van der Waals surface area contributed by atoms with Crippen LogP contribution in [0.4, 0.5) is 5.82 Å². The SMILES string of the molecule is CCNC(=NCCC(=O)Nc1cccc(C)n1)N(C)CC(=O)N(CC)CC. The molecule has 0 unspecified atom stereocenters. The largest absolute Gasteiger partial charge is 0.357 e. The van der Waals surface area contributed by atoms with Crippen molar-refractivity contribution < 1.29 is 9.59 Å². The van der Waals surface area contributed by atoms with Gasteiger partial charge < -0.3 is 20.4 Å². The van der Waals surface area contributed by atoms with Crippen LogP contribution in [0.15, 0.2) is 23.2 Å². The molecule has 2 amide bonds. The molecule has 0 bridgehead atoms. The van der Waals surface area contributed by atoms with E-state index in [1.807, 2.05) is 46.9 Å². The van der Waals surface area contributed by atoms with Gasteiger partial charge in [0.15, 0.2) is 5.96 Å². The van der Waals surface area contributed by atoms with Crippen LogP contribution < -0.4 is 10.6 Å². The van der Waals surface area contributed by atoms with Crippen LogP contribution in [0.3, 0.4) is 0 Å². The van der Waals surface area contributed by atoms with Crippen LogP contribution in [0.1, 0.15) is 32.9 Å². The molecule has 1 aromatic heterocycles. The Labute approximate surface area is 162 Å². The lowest BCUT2D eigenvalue weighted by Crippen LogP contribution is -2.45. The second-order valence-corrected chi connectivity index (χ2v) is 6.12. The van der Waals surface area contributed by atoms with Crippen molar-refractivity contribution in [1.29, 1.82) is 0 Å². The summed E-state index contributed by atoms with van der Waals surface area (Å²) in [6.45, 7) is 10.4. The number of aromatic nitrogens is 1. The molecular formula is C19H32N6O2. The number of guanidine groups is 1. The van der Waals surface area contributed by atoms with E-state index in [9.17, 15) is 9.59 Å². The normalized spacial score (nSPS) is 11.1.